The van der Waals surface area contributed by atoms with Gasteiger partial charge in [0.05, 0.1) is 22.0 Å². The summed E-state index contributed by atoms with van der Waals surface area (Å²) in [5.74, 6) is -2.08. The van der Waals surface area contributed by atoms with Crippen LogP contribution in [0.3, 0.4) is 0 Å². The van der Waals surface area contributed by atoms with Gasteiger partial charge in [-0.05, 0) is 11.6 Å². The number of halogens is 1. The van der Waals surface area contributed by atoms with E-state index in [-0.39, 0.29) is 17.7 Å². The predicted molar refractivity (Wildman–Crippen MR) is 86.2 cm³/mol. The third kappa shape index (κ3) is 3.77. The number of nitro groups is 2. The second kappa shape index (κ2) is 7.34. The lowest BCUT2D eigenvalue weighted by atomic mass is 10.1. The second-order valence-corrected chi connectivity index (χ2v) is 5.00. The number of aldehydes is 1. The van der Waals surface area contributed by atoms with Crippen LogP contribution in [-0.4, -0.2) is 32.6 Å². The van der Waals surface area contributed by atoms with Crippen molar-refractivity contribution in [2.45, 2.75) is 6.54 Å². The number of nitrogens with zero attached hydrogens (tertiary/aromatic N) is 3. The number of phenols is 2. The van der Waals surface area contributed by atoms with E-state index in [1.807, 2.05) is 0 Å². The van der Waals surface area contributed by atoms with Gasteiger partial charge >= 0.3 is 11.4 Å². The zero-order valence-corrected chi connectivity index (χ0v) is 12.8. The van der Waals surface area contributed by atoms with Gasteiger partial charge in [-0.3, -0.25) is 30.0 Å². The minimum absolute atomic E-state index is 0.141. The van der Waals surface area contributed by atoms with Crippen molar-refractivity contribution in [2.24, 2.45) is 4.99 Å². The molecule has 2 aromatic rings. The molecule has 0 bridgehead atoms. The monoisotopic (exact) mass is 363 g/mol. The van der Waals surface area contributed by atoms with Crippen molar-refractivity contribution in [3.8, 4) is 11.5 Å². The highest BCUT2D eigenvalue weighted by atomic mass is 19.1. The Balaban J connectivity index is 0.000000187. The van der Waals surface area contributed by atoms with Gasteiger partial charge in [0.2, 0.25) is 0 Å². The van der Waals surface area contributed by atoms with E-state index in [1.165, 1.54) is 12.1 Å². The Hall–Kier alpha value is -3.89. The largest absolute Gasteiger partial charge is 0.502 e. The Kier molecular flexibility index (Phi) is 5.21. The molecule has 3 rings (SSSR count). The molecule has 0 atom stereocenters. The van der Waals surface area contributed by atoms with Crippen LogP contribution >= 0.6 is 0 Å². The average molecular weight is 363 g/mol. The minimum atomic E-state index is -0.988. The maximum Gasteiger partial charge on any atom is 0.311 e. The summed E-state index contributed by atoms with van der Waals surface area (Å²) in [7, 11) is 0. The van der Waals surface area contributed by atoms with Crippen LogP contribution in [-0.2, 0) is 6.54 Å². The lowest BCUT2D eigenvalue weighted by molar-refractivity contribution is -0.386. The zero-order valence-electron chi connectivity index (χ0n) is 12.8. The number of phenolic OH excluding ortho intramolecular Hbond substituents is 2. The highest BCUT2D eigenvalue weighted by Crippen LogP contribution is 2.30. The number of fused-ring (bicyclic) bond motifs is 1. The molecule has 0 aromatic heterocycles. The van der Waals surface area contributed by atoms with Gasteiger partial charge in [0.25, 0.3) is 0 Å². The molecule has 0 aliphatic carbocycles. The van der Waals surface area contributed by atoms with Gasteiger partial charge in [0.1, 0.15) is 5.82 Å². The van der Waals surface area contributed by atoms with Crippen molar-refractivity contribution in [3.05, 3.63) is 67.0 Å². The van der Waals surface area contributed by atoms with Gasteiger partial charge < -0.3 is 10.2 Å². The van der Waals surface area contributed by atoms with Crippen molar-refractivity contribution in [2.75, 3.05) is 0 Å². The molecule has 11 heteroatoms. The molecule has 0 saturated heterocycles. The van der Waals surface area contributed by atoms with E-state index in [1.54, 1.807) is 6.21 Å². The molecule has 1 heterocycles. The molecule has 0 spiro atoms. The highest BCUT2D eigenvalue weighted by Gasteiger charge is 2.18. The summed E-state index contributed by atoms with van der Waals surface area (Å²) >= 11 is 0. The van der Waals surface area contributed by atoms with Crippen molar-refractivity contribution in [1.29, 1.82) is 0 Å². The summed E-state index contributed by atoms with van der Waals surface area (Å²) in [6, 6.07) is 3.93. The predicted octanol–water partition coefficient (Wildman–Crippen LogP) is 2.48. The summed E-state index contributed by atoms with van der Waals surface area (Å²) in [4.78, 5) is 33.2. The summed E-state index contributed by atoms with van der Waals surface area (Å²) in [5, 5.41) is 38.8. The number of aromatic hydroxyl groups is 2. The molecule has 0 amide bonds. The third-order valence-corrected chi connectivity index (χ3v) is 3.34. The van der Waals surface area contributed by atoms with Crippen molar-refractivity contribution in [3.63, 3.8) is 0 Å². The number of hydrogen-bond acceptors (Lipinski definition) is 8. The molecule has 134 valence electrons. The maximum atomic E-state index is 12.7. The Morgan fingerprint density at radius 1 is 1.04 bits per heavy atom. The van der Waals surface area contributed by atoms with Crippen LogP contribution in [0.15, 0.2) is 29.3 Å². The highest BCUT2D eigenvalue weighted by molar-refractivity contribution is 5.86. The summed E-state index contributed by atoms with van der Waals surface area (Å²) in [5.41, 5.74) is 0.118. The zero-order chi connectivity index (χ0) is 19.4. The number of carbonyl (C=O) groups is 1. The van der Waals surface area contributed by atoms with Crippen LogP contribution in [0, 0.1) is 26.0 Å². The van der Waals surface area contributed by atoms with Crippen molar-refractivity contribution >= 4 is 23.9 Å². The van der Waals surface area contributed by atoms with Crippen LogP contribution in [0.5, 0.6) is 11.5 Å². The minimum Gasteiger partial charge on any atom is -0.502 e. The van der Waals surface area contributed by atoms with E-state index in [4.69, 9.17) is 5.11 Å². The third-order valence-electron chi connectivity index (χ3n) is 3.34. The fourth-order valence-electron chi connectivity index (χ4n) is 2.09. The molecule has 1 aliphatic rings. The molecular weight excluding hydrogens is 353 g/mol. The van der Waals surface area contributed by atoms with E-state index in [0.29, 0.717) is 24.2 Å². The Morgan fingerprint density at radius 3 is 2.19 bits per heavy atom. The first kappa shape index (κ1) is 18.4. The van der Waals surface area contributed by atoms with Gasteiger partial charge in [-0.15, -0.1) is 0 Å². The first-order chi connectivity index (χ1) is 12.2. The number of hydrogen-bond donors (Lipinski definition) is 2. The summed E-state index contributed by atoms with van der Waals surface area (Å²) in [6.45, 7) is 0.487. The van der Waals surface area contributed by atoms with Crippen LogP contribution in [0.25, 0.3) is 0 Å². The topological polar surface area (TPSA) is 156 Å². The van der Waals surface area contributed by atoms with Crippen LogP contribution in [0.4, 0.5) is 15.8 Å². The van der Waals surface area contributed by atoms with Gasteiger partial charge in [-0.25, -0.2) is 4.39 Å². The van der Waals surface area contributed by atoms with E-state index in [2.05, 4.69) is 4.99 Å². The fraction of sp³-hybridized carbons (Fsp3) is 0.0667. The van der Waals surface area contributed by atoms with Crippen molar-refractivity contribution in [1.82, 2.24) is 0 Å². The van der Waals surface area contributed by atoms with Crippen molar-refractivity contribution < 1.29 is 29.2 Å². The van der Waals surface area contributed by atoms with Gasteiger partial charge in [-0.1, -0.05) is 0 Å². The molecule has 2 aromatic carbocycles. The van der Waals surface area contributed by atoms with Gasteiger partial charge in [-0.2, -0.15) is 0 Å². The molecule has 0 fully saturated rings. The average Bonchev–Trinajstić information content (AvgIpc) is 3.01. The van der Waals surface area contributed by atoms with Gasteiger partial charge in [0, 0.05) is 30.0 Å². The molecule has 1 aliphatic heterocycles. The lowest BCUT2D eigenvalue weighted by Crippen LogP contribution is -1.93. The van der Waals surface area contributed by atoms with Gasteiger partial charge in [0.15, 0.2) is 17.8 Å². The SMILES string of the molecule is O=Cc1cc([N+](=O)[O-])c(O)cc1F.O=[N+]([O-])c1cc2c(cc1O)CN=C2. The number of rotatable bonds is 3. The van der Waals surface area contributed by atoms with E-state index >= 15 is 0 Å². The quantitative estimate of drug-likeness (QED) is 0.482. The molecule has 2 N–H and O–H groups in total. The number of carbonyl (C=O) groups excluding carboxylic acids is 1. The molecule has 10 nitrogen and oxygen atoms in total. The van der Waals surface area contributed by atoms with Crippen LogP contribution < -0.4 is 0 Å². The van der Waals surface area contributed by atoms with Crippen LogP contribution in [0.2, 0.25) is 0 Å². The van der Waals surface area contributed by atoms with E-state index in [9.17, 15) is 34.5 Å². The summed E-state index contributed by atoms with van der Waals surface area (Å²) < 4.78 is 12.7. The van der Waals surface area contributed by atoms with E-state index < -0.39 is 32.7 Å². The molecule has 26 heavy (non-hydrogen) atoms. The maximum absolute atomic E-state index is 12.7. The second-order valence-electron chi connectivity index (χ2n) is 5.00. The van der Waals surface area contributed by atoms with E-state index in [0.717, 1.165) is 5.56 Å². The first-order valence-electron chi connectivity index (χ1n) is 6.86. The Labute approximate surface area is 144 Å². The lowest BCUT2D eigenvalue weighted by Gasteiger charge is -1.99. The first-order valence-corrected chi connectivity index (χ1v) is 6.86. The number of aliphatic imine (C=N–C) groups is 1. The fourth-order valence-corrected chi connectivity index (χ4v) is 2.09. The number of nitro benzene ring substituents is 2. The standard InChI is InChI=1S/C8H6N2O3.C7H4FNO4/c11-8-2-6-4-9-3-5(6)1-7(8)10(12)13;8-5-2-7(11)6(9(12)13)1-4(5)3-10/h1-3,11H,4H2;1-3,11H. The smallest absolute Gasteiger partial charge is 0.311 e. The Bertz CT molecular complexity index is 922. The normalized spacial score (nSPS) is 11.3. The summed E-state index contributed by atoms with van der Waals surface area (Å²) in [6.07, 6.45) is 1.71. The molecule has 0 saturated carbocycles. The number of benzene rings is 2. The molecule has 0 radical (unpaired) electrons. The Morgan fingerprint density at radius 2 is 1.62 bits per heavy atom. The molecular formula is C15H10FN3O7. The van der Waals surface area contributed by atoms with Crippen LogP contribution in [0.1, 0.15) is 21.5 Å². The molecule has 0 unspecified atom stereocenters.